The number of alkyl halides is 3. The van der Waals surface area contributed by atoms with Crippen molar-refractivity contribution in [3.8, 4) is 0 Å². The molecule has 0 saturated heterocycles. The topological polar surface area (TPSA) is 46.4 Å². The minimum absolute atomic E-state index is 0.0133. The van der Waals surface area contributed by atoms with Crippen LogP contribution in [0.25, 0.3) is 5.52 Å². The second-order valence-electron chi connectivity index (χ2n) is 5.07. The molecule has 1 aromatic carbocycles. The summed E-state index contributed by atoms with van der Waals surface area (Å²) < 4.78 is 40.1. The van der Waals surface area contributed by atoms with Crippen molar-refractivity contribution in [2.45, 2.75) is 11.3 Å². The summed E-state index contributed by atoms with van der Waals surface area (Å²) in [7, 11) is 0. The number of nitrogens with one attached hydrogen (secondary N) is 1. The van der Waals surface area contributed by atoms with E-state index >= 15 is 0 Å². The van der Waals surface area contributed by atoms with Gasteiger partial charge < -0.3 is 5.32 Å². The van der Waals surface area contributed by atoms with Gasteiger partial charge in [0, 0.05) is 6.20 Å². The molecular weight excluding hydrogens is 375 g/mol. The first-order chi connectivity index (χ1) is 11.8. The molecule has 0 aliphatic rings. The molecule has 3 aromatic rings. The van der Waals surface area contributed by atoms with Crippen molar-refractivity contribution in [2.24, 2.45) is 0 Å². The van der Waals surface area contributed by atoms with E-state index in [1.165, 1.54) is 11.8 Å². The lowest BCUT2D eigenvalue weighted by molar-refractivity contribution is -0.137. The van der Waals surface area contributed by atoms with Crippen molar-refractivity contribution in [1.82, 2.24) is 9.38 Å². The zero-order chi connectivity index (χ0) is 18.0. The van der Waals surface area contributed by atoms with E-state index in [0.29, 0.717) is 5.16 Å². The Kier molecular flexibility index (Phi) is 4.91. The number of aromatic nitrogens is 2. The number of amides is 1. The Bertz CT molecular complexity index is 926. The lowest BCUT2D eigenvalue weighted by atomic mass is 10.2. The third-order valence-corrected chi connectivity index (χ3v) is 4.60. The van der Waals surface area contributed by atoms with Gasteiger partial charge in [-0.1, -0.05) is 29.4 Å². The maximum absolute atomic E-state index is 12.7. The van der Waals surface area contributed by atoms with Gasteiger partial charge in [-0.15, -0.1) is 0 Å². The van der Waals surface area contributed by atoms with Crippen molar-refractivity contribution < 1.29 is 18.0 Å². The minimum Gasteiger partial charge on any atom is -0.324 e. The molecule has 0 spiro atoms. The second-order valence-corrected chi connectivity index (χ2v) is 6.42. The monoisotopic (exact) mass is 385 g/mol. The third kappa shape index (κ3) is 4.08. The molecule has 0 atom stereocenters. The van der Waals surface area contributed by atoms with E-state index in [4.69, 9.17) is 11.6 Å². The van der Waals surface area contributed by atoms with Crippen LogP contribution in [-0.4, -0.2) is 21.0 Å². The maximum atomic E-state index is 12.7. The lowest BCUT2D eigenvalue weighted by Crippen LogP contribution is -2.15. The molecule has 2 heterocycles. The van der Waals surface area contributed by atoms with Gasteiger partial charge in [0.2, 0.25) is 5.91 Å². The van der Waals surface area contributed by atoms with Crippen LogP contribution in [0.3, 0.4) is 0 Å². The molecular formula is C16H11ClF3N3OS. The largest absolute Gasteiger partial charge is 0.416 e. The molecule has 0 aliphatic heterocycles. The van der Waals surface area contributed by atoms with E-state index < -0.39 is 17.6 Å². The molecule has 4 nitrogen and oxygen atoms in total. The van der Waals surface area contributed by atoms with Crippen LogP contribution in [0.2, 0.25) is 5.02 Å². The number of hydrogen-bond acceptors (Lipinski definition) is 3. The van der Waals surface area contributed by atoms with Crippen LogP contribution in [0.15, 0.2) is 53.9 Å². The molecule has 0 aliphatic carbocycles. The minimum atomic E-state index is -4.51. The smallest absolute Gasteiger partial charge is 0.324 e. The number of nitrogens with zero attached hydrogens (tertiary/aromatic N) is 2. The summed E-state index contributed by atoms with van der Waals surface area (Å²) in [6.07, 6.45) is -1.02. The number of benzene rings is 1. The van der Waals surface area contributed by atoms with Crippen LogP contribution in [-0.2, 0) is 11.0 Å². The number of carbonyl (C=O) groups excluding carboxylic acids is 1. The van der Waals surface area contributed by atoms with Crippen molar-refractivity contribution in [2.75, 3.05) is 11.1 Å². The number of carbonyl (C=O) groups is 1. The number of hydrogen-bond donors (Lipinski definition) is 1. The summed E-state index contributed by atoms with van der Waals surface area (Å²) in [6.45, 7) is 0. The lowest BCUT2D eigenvalue weighted by Gasteiger charge is -2.11. The van der Waals surface area contributed by atoms with Crippen LogP contribution in [0, 0.1) is 0 Å². The van der Waals surface area contributed by atoms with Crippen molar-refractivity contribution >= 4 is 40.5 Å². The number of imidazole rings is 1. The number of rotatable bonds is 4. The Morgan fingerprint density at radius 3 is 2.84 bits per heavy atom. The fraction of sp³-hybridized carbons (Fsp3) is 0.125. The number of fused-ring (bicyclic) bond motifs is 1. The van der Waals surface area contributed by atoms with Gasteiger partial charge in [0.15, 0.2) is 5.16 Å². The first-order valence-corrected chi connectivity index (χ1v) is 8.42. The third-order valence-electron chi connectivity index (χ3n) is 3.30. The first kappa shape index (κ1) is 17.6. The summed E-state index contributed by atoms with van der Waals surface area (Å²) in [5.41, 5.74) is -0.0690. The van der Waals surface area contributed by atoms with Gasteiger partial charge in [-0.2, -0.15) is 13.2 Å². The van der Waals surface area contributed by atoms with Crippen LogP contribution in [0.1, 0.15) is 5.56 Å². The van der Waals surface area contributed by atoms with E-state index in [-0.39, 0.29) is 16.5 Å². The number of thioether (sulfide) groups is 1. The molecule has 1 amide bonds. The number of anilines is 1. The molecule has 0 unspecified atom stereocenters. The van der Waals surface area contributed by atoms with Crippen molar-refractivity contribution in [1.29, 1.82) is 0 Å². The van der Waals surface area contributed by atoms with E-state index in [1.54, 1.807) is 6.20 Å². The zero-order valence-electron chi connectivity index (χ0n) is 12.5. The molecule has 0 fully saturated rings. The van der Waals surface area contributed by atoms with E-state index in [2.05, 4.69) is 10.3 Å². The summed E-state index contributed by atoms with van der Waals surface area (Å²) in [5.74, 6) is -0.487. The fourth-order valence-electron chi connectivity index (χ4n) is 2.14. The zero-order valence-corrected chi connectivity index (χ0v) is 14.1. The van der Waals surface area contributed by atoms with E-state index in [1.807, 2.05) is 28.8 Å². The molecule has 25 heavy (non-hydrogen) atoms. The predicted octanol–water partition coefficient (Wildman–Crippen LogP) is 4.74. The SMILES string of the molecule is O=C(CSc1ncc2ccccn12)Nc1cc(C(F)(F)F)ccc1Cl. The summed E-state index contributed by atoms with van der Waals surface area (Å²) in [6, 6.07) is 8.36. The molecule has 1 N–H and O–H groups in total. The highest BCUT2D eigenvalue weighted by Gasteiger charge is 2.31. The Morgan fingerprint density at radius 2 is 2.08 bits per heavy atom. The summed E-state index contributed by atoms with van der Waals surface area (Å²) in [4.78, 5) is 16.3. The molecule has 9 heteroatoms. The van der Waals surface area contributed by atoms with Crippen molar-refractivity contribution in [3.05, 3.63) is 59.4 Å². The highest BCUT2D eigenvalue weighted by Crippen LogP contribution is 2.34. The van der Waals surface area contributed by atoms with Gasteiger partial charge in [-0.05, 0) is 30.3 Å². The molecule has 130 valence electrons. The van der Waals surface area contributed by atoms with Gasteiger partial charge in [0.25, 0.3) is 0 Å². The van der Waals surface area contributed by atoms with Crippen LogP contribution >= 0.6 is 23.4 Å². The maximum Gasteiger partial charge on any atom is 0.416 e. The van der Waals surface area contributed by atoms with Crippen LogP contribution < -0.4 is 5.32 Å². The average molecular weight is 386 g/mol. The van der Waals surface area contributed by atoms with Crippen molar-refractivity contribution in [3.63, 3.8) is 0 Å². The number of halogens is 4. The highest BCUT2D eigenvalue weighted by atomic mass is 35.5. The Morgan fingerprint density at radius 1 is 1.28 bits per heavy atom. The Hall–Kier alpha value is -2.19. The van der Waals surface area contributed by atoms with Crippen LogP contribution in [0.4, 0.5) is 18.9 Å². The van der Waals surface area contributed by atoms with Crippen LogP contribution in [0.5, 0.6) is 0 Å². The molecule has 0 radical (unpaired) electrons. The first-order valence-electron chi connectivity index (χ1n) is 7.06. The Balaban J connectivity index is 1.69. The molecule has 0 bridgehead atoms. The fourth-order valence-corrected chi connectivity index (χ4v) is 3.07. The average Bonchev–Trinajstić information content (AvgIpc) is 2.97. The van der Waals surface area contributed by atoms with Gasteiger partial charge in [0.1, 0.15) is 0 Å². The standard InChI is InChI=1S/C16H11ClF3N3OS/c17-12-5-4-10(16(18,19)20)7-13(12)22-14(24)9-25-15-21-8-11-3-1-2-6-23(11)15/h1-8H,9H2,(H,22,24). The van der Waals surface area contributed by atoms with E-state index in [9.17, 15) is 18.0 Å². The molecule has 0 saturated carbocycles. The summed E-state index contributed by atoms with van der Waals surface area (Å²) >= 11 is 7.04. The van der Waals surface area contributed by atoms with Gasteiger partial charge in [-0.25, -0.2) is 4.98 Å². The normalized spacial score (nSPS) is 11.7. The Labute approximate surface area is 150 Å². The summed E-state index contributed by atoms with van der Waals surface area (Å²) in [5, 5.41) is 3.06. The van der Waals surface area contributed by atoms with Gasteiger partial charge in [-0.3, -0.25) is 9.20 Å². The molecule has 3 rings (SSSR count). The van der Waals surface area contributed by atoms with Gasteiger partial charge in [0.05, 0.1) is 33.7 Å². The highest BCUT2D eigenvalue weighted by molar-refractivity contribution is 7.99. The predicted molar refractivity (Wildman–Crippen MR) is 91.0 cm³/mol. The molecule has 2 aromatic heterocycles. The number of pyridine rings is 1. The van der Waals surface area contributed by atoms with E-state index in [0.717, 1.165) is 23.7 Å². The quantitative estimate of drug-likeness (QED) is 0.660. The second kappa shape index (κ2) is 6.97. The van der Waals surface area contributed by atoms with Gasteiger partial charge >= 0.3 is 6.18 Å².